The Hall–Kier alpha value is -2.89. The van der Waals surface area contributed by atoms with Crippen molar-refractivity contribution in [1.82, 2.24) is 14.9 Å². The summed E-state index contributed by atoms with van der Waals surface area (Å²) < 4.78 is 0. The number of aliphatic imine (C=N–C) groups is 2. The lowest BCUT2D eigenvalue weighted by Crippen LogP contribution is -2.38. The zero-order valence-corrected chi connectivity index (χ0v) is 11.8. The van der Waals surface area contributed by atoms with Crippen LogP contribution < -0.4 is 0 Å². The normalized spacial score (nSPS) is 15.7. The van der Waals surface area contributed by atoms with Crippen LogP contribution in [0.5, 0.6) is 0 Å². The molecule has 0 unspecified atom stereocenters. The van der Waals surface area contributed by atoms with Gasteiger partial charge in [0.15, 0.2) is 5.78 Å². The standard InChI is InChI=1S/C16H13N5O/c22-14(11-2-1-4-17-9-11)8-15-20-13-3-5-18-10-12(13)16-19-6-7-21(15)16/h1-5,9-10H,6-8H2. The summed E-state index contributed by atoms with van der Waals surface area (Å²) in [5.74, 6) is 1.62. The van der Waals surface area contributed by atoms with Crippen LogP contribution in [0.4, 0.5) is 5.69 Å². The lowest BCUT2D eigenvalue weighted by Gasteiger charge is -2.26. The number of Topliss-reactive ketones (excluding diaryl/α,β-unsaturated/α-hetero) is 1. The topological polar surface area (TPSA) is 70.8 Å². The molecule has 0 fully saturated rings. The van der Waals surface area contributed by atoms with E-state index in [2.05, 4.69) is 20.0 Å². The van der Waals surface area contributed by atoms with E-state index in [1.54, 1.807) is 36.9 Å². The van der Waals surface area contributed by atoms with Crippen molar-refractivity contribution in [3.05, 3.63) is 54.1 Å². The van der Waals surface area contributed by atoms with Crippen molar-refractivity contribution in [2.75, 3.05) is 13.1 Å². The Morgan fingerprint density at radius 2 is 2.09 bits per heavy atom. The van der Waals surface area contributed by atoms with Crippen LogP contribution >= 0.6 is 0 Å². The molecule has 6 heteroatoms. The van der Waals surface area contributed by atoms with Crippen LogP contribution in [0.15, 0.2) is 53.0 Å². The Bertz CT molecular complexity index is 797. The number of nitrogens with zero attached hydrogens (tertiary/aromatic N) is 5. The second-order valence-corrected chi connectivity index (χ2v) is 5.12. The minimum Gasteiger partial charge on any atom is -0.312 e. The molecule has 2 aromatic rings. The highest BCUT2D eigenvalue weighted by molar-refractivity contribution is 6.20. The minimum atomic E-state index is 0.00982. The number of hydrogen-bond acceptors (Lipinski definition) is 6. The molecule has 2 aliphatic rings. The summed E-state index contributed by atoms with van der Waals surface area (Å²) in [4.78, 5) is 31.7. The maximum Gasteiger partial charge on any atom is 0.171 e. The number of fused-ring (bicyclic) bond motifs is 3. The molecule has 4 rings (SSSR count). The van der Waals surface area contributed by atoms with E-state index >= 15 is 0 Å². The Morgan fingerprint density at radius 1 is 1.18 bits per heavy atom. The SMILES string of the molecule is O=C(CC1=Nc2ccncc2C2=NCCN12)c1cccnc1. The molecule has 2 aliphatic heterocycles. The Labute approximate surface area is 127 Å². The Kier molecular flexibility index (Phi) is 3.00. The zero-order chi connectivity index (χ0) is 14.9. The molecule has 6 nitrogen and oxygen atoms in total. The predicted molar refractivity (Wildman–Crippen MR) is 82.6 cm³/mol. The molecule has 0 spiro atoms. The number of pyridine rings is 2. The highest BCUT2D eigenvalue weighted by Gasteiger charge is 2.30. The van der Waals surface area contributed by atoms with E-state index in [9.17, 15) is 4.79 Å². The van der Waals surface area contributed by atoms with Gasteiger partial charge in [-0.25, -0.2) is 4.99 Å². The highest BCUT2D eigenvalue weighted by Crippen LogP contribution is 2.28. The van der Waals surface area contributed by atoms with Crippen molar-refractivity contribution >= 4 is 23.1 Å². The van der Waals surface area contributed by atoms with Gasteiger partial charge in [-0.1, -0.05) is 0 Å². The number of rotatable bonds is 3. The van der Waals surface area contributed by atoms with Crippen molar-refractivity contribution in [2.24, 2.45) is 9.98 Å². The molecule has 0 radical (unpaired) electrons. The summed E-state index contributed by atoms with van der Waals surface area (Å²) in [6.07, 6.45) is 6.96. The number of ketones is 1. The third-order valence-corrected chi connectivity index (χ3v) is 3.74. The lowest BCUT2D eigenvalue weighted by molar-refractivity contribution is 0.0998. The molecular formula is C16H13N5O. The van der Waals surface area contributed by atoms with Gasteiger partial charge < -0.3 is 4.90 Å². The monoisotopic (exact) mass is 291 g/mol. The van der Waals surface area contributed by atoms with E-state index in [-0.39, 0.29) is 12.2 Å². The fourth-order valence-electron chi connectivity index (χ4n) is 2.69. The Morgan fingerprint density at radius 3 is 2.95 bits per heavy atom. The zero-order valence-electron chi connectivity index (χ0n) is 11.8. The molecule has 0 saturated carbocycles. The maximum atomic E-state index is 12.4. The van der Waals surface area contributed by atoms with Crippen LogP contribution in [0.25, 0.3) is 0 Å². The van der Waals surface area contributed by atoms with Gasteiger partial charge in [-0.2, -0.15) is 0 Å². The van der Waals surface area contributed by atoms with Gasteiger partial charge in [0.1, 0.15) is 11.7 Å². The smallest absolute Gasteiger partial charge is 0.171 e. The third-order valence-electron chi connectivity index (χ3n) is 3.74. The fourth-order valence-corrected chi connectivity index (χ4v) is 2.69. The molecule has 4 heterocycles. The molecule has 0 N–H and O–H groups in total. The minimum absolute atomic E-state index is 0.00982. The molecule has 108 valence electrons. The summed E-state index contributed by atoms with van der Waals surface area (Å²) in [5.41, 5.74) is 2.35. The molecule has 0 bridgehead atoms. The quantitative estimate of drug-likeness (QED) is 0.809. The van der Waals surface area contributed by atoms with Crippen molar-refractivity contribution in [1.29, 1.82) is 0 Å². The third kappa shape index (κ3) is 2.09. The number of carbonyl (C=O) groups is 1. The molecule has 0 atom stereocenters. The van der Waals surface area contributed by atoms with Gasteiger partial charge in [0, 0.05) is 36.9 Å². The second kappa shape index (κ2) is 5.14. The first-order valence-electron chi connectivity index (χ1n) is 7.10. The van der Waals surface area contributed by atoms with Gasteiger partial charge in [-0.05, 0) is 18.2 Å². The van der Waals surface area contributed by atoms with Crippen LogP contribution in [0.2, 0.25) is 0 Å². The van der Waals surface area contributed by atoms with Crippen molar-refractivity contribution in [3.8, 4) is 0 Å². The van der Waals surface area contributed by atoms with Gasteiger partial charge in [0.25, 0.3) is 0 Å². The largest absolute Gasteiger partial charge is 0.312 e. The van der Waals surface area contributed by atoms with Crippen LogP contribution in [0.3, 0.4) is 0 Å². The van der Waals surface area contributed by atoms with E-state index in [1.807, 2.05) is 11.0 Å². The van der Waals surface area contributed by atoms with E-state index in [1.165, 1.54) is 0 Å². The predicted octanol–water partition coefficient (Wildman–Crippen LogP) is 1.86. The summed E-state index contributed by atoms with van der Waals surface area (Å²) >= 11 is 0. The van der Waals surface area contributed by atoms with E-state index in [0.29, 0.717) is 12.1 Å². The summed E-state index contributed by atoms with van der Waals surface area (Å²) in [5, 5.41) is 0. The fraction of sp³-hybridized carbons (Fsp3) is 0.188. The lowest BCUT2D eigenvalue weighted by atomic mass is 10.1. The second-order valence-electron chi connectivity index (χ2n) is 5.12. The van der Waals surface area contributed by atoms with Gasteiger partial charge in [0.05, 0.1) is 24.2 Å². The maximum absolute atomic E-state index is 12.4. The van der Waals surface area contributed by atoms with Gasteiger partial charge >= 0.3 is 0 Å². The van der Waals surface area contributed by atoms with Crippen LogP contribution in [0, 0.1) is 0 Å². The molecule has 0 amide bonds. The first-order chi connectivity index (χ1) is 10.8. The van der Waals surface area contributed by atoms with Crippen molar-refractivity contribution in [3.63, 3.8) is 0 Å². The van der Waals surface area contributed by atoms with Gasteiger partial charge in [-0.3, -0.25) is 19.8 Å². The number of carbonyl (C=O) groups excluding carboxylic acids is 1. The molecular weight excluding hydrogens is 278 g/mol. The summed E-state index contributed by atoms with van der Waals surface area (Å²) in [7, 11) is 0. The molecule has 0 aromatic carbocycles. The summed E-state index contributed by atoms with van der Waals surface area (Å²) in [6, 6.07) is 5.39. The van der Waals surface area contributed by atoms with Gasteiger partial charge in [-0.15, -0.1) is 0 Å². The van der Waals surface area contributed by atoms with Crippen LogP contribution in [0.1, 0.15) is 22.3 Å². The molecule has 2 aromatic heterocycles. The van der Waals surface area contributed by atoms with E-state index in [4.69, 9.17) is 0 Å². The van der Waals surface area contributed by atoms with Crippen molar-refractivity contribution in [2.45, 2.75) is 6.42 Å². The summed E-state index contributed by atoms with van der Waals surface area (Å²) in [6.45, 7) is 1.46. The first kappa shape index (κ1) is 12.8. The highest BCUT2D eigenvalue weighted by atomic mass is 16.1. The number of aromatic nitrogens is 2. The van der Waals surface area contributed by atoms with Crippen molar-refractivity contribution < 1.29 is 4.79 Å². The average Bonchev–Trinajstić information content (AvgIpc) is 3.06. The van der Waals surface area contributed by atoms with Gasteiger partial charge in [0.2, 0.25) is 0 Å². The van der Waals surface area contributed by atoms with Crippen LogP contribution in [-0.4, -0.2) is 45.4 Å². The van der Waals surface area contributed by atoms with E-state index < -0.39 is 0 Å². The first-order valence-corrected chi connectivity index (χ1v) is 7.10. The van der Waals surface area contributed by atoms with E-state index in [0.717, 1.165) is 29.5 Å². The molecule has 22 heavy (non-hydrogen) atoms. The Balaban J connectivity index is 1.69. The average molecular weight is 291 g/mol. The molecule has 0 saturated heterocycles. The number of hydrogen-bond donors (Lipinski definition) is 0. The molecule has 0 aliphatic carbocycles. The number of amidine groups is 2. The van der Waals surface area contributed by atoms with Crippen LogP contribution in [-0.2, 0) is 0 Å².